The van der Waals surface area contributed by atoms with Crippen LogP contribution in [0, 0.1) is 0 Å². The molecular formula is C14H25NO3. The SMILES string of the molecule is COC1(CC(=O)NC2CCCCC2)CCOCC1. The first-order valence-corrected chi connectivity index (χ1v) is 7.16. The first-order valence-electron chi connectivity index (χ1n) is 7.16. The van der Waals surface area contributed by atoms with E-state index in [0.717, 1.165) is 25.7 Å². The summed E-state index contributed by atoms with van der Waals surface area (Å²) in [6, 6.07) is 0.389. The molecule has 4 nitrogen and oxygen atoms in total. The maximum Gasteiger partial charge on any atom is 0.223 e. The molecular weight excluding hydrogens is 230 g/mol. The molecule has 0 aromatic heterocycles. The van der Waals surface area contributed by atoms with E-state index in [-0.39, 0.29) is 11.5 Å². The van der Waals surface area contributed by atoms with Gasteiger partial charge in [0.15, 0.2) is 0 Å². The standard InChI is InChI=1S/C14H25NO3/c1-17-14(7-9-18-10-8-14)11-13(16)15-12-5-3-2-4-6-12/h12H,2-11H2,1H3,(H,15,16). The first kappa shape index (κ1) is 13.8. The molecule has 1 amide bonds. The van der Waals surface area contributed by atoms with Gasteiger partial charge in [0.05, 0.1) is 12.0 Å². The minimum atomic E-state index is -0.295. The predicted octanol–water partition coefficient (Wildman–Crippen LogP) is 2.02. The molecule has 1 saturated heterocycles. The molecule has 104 valence electrons. The summed E-state index contributed by atoms with van der Waals surface area (Å²) in [5.74, 6) is 0.144. The molecule has 0 atom stereocenters. The Morgan fingerprint density at radius 2 is 1.94 bits per heavy atom. The Balaban J connectivity index is 1.81. The number of carbonyl (C=O) groups excluding carboxylic acids is 1. The second kappa shape index (κ2) is 6.53. The third kappa shape index (κ3) is 3.69. The summed E-state index contributed by atoms with van der Waals surface area (Å²) in [7, 11) is 1.71. The Bertz CT molecular complexity index is 268. The summed E-state index contributed by atoms with van der Waals surface area (Å²) in [6.07, 6.45) is 8.18. The number of carbonyl (C=O) groups is 1. The van der Waals surface area contributed by atoms with Gasteiger partial charge in [-0.3, -0.25) is 4.79 Å². The molecule has 2 fully saturated rings. The molecule has 0 aromatic carbocycles. The second-order valence-corrected chi connectivity index (χ2v) is 5.58. The minimum Gasteiger partial charge on any atom is -0.381 e. The highest BCUT2D eigenvalue weighted by Gasteiger charge is 2.35. The number of rotatable bonds is 4. The van der Waals surface area contributed by atoms with E-state index in [0.29, 0.717) is 25.7 Å². The van der Waals surface area contributed by atoms with Gasteiger partial charge in [0, 0.05) is 39.2 Å². The van der Waals surface area contributed by atoms with Crippen molar-refractivity contribution < 1.29 is 14.3 Å². The molecule has 1 heterocycles. The lowest BCUT2D eigenvalue weighted by molar-refractivity contribution is -0.136. The van der Waals surface area contributed by atoms with Gasteiger partial charge in [0.25, 0.3) is 0 Å². The summed E-state index contributed by atoms with van der Waals surface area (Å²) >= 11 is 0. The summed E-state index contributed by atoms with van der Waals surface area (Å²) < 4.78 is 10.9. The van der Waals surface area contributed by atoms with Gasteiger partial charge in [0.2, 0.25) is 5.91 Å². The normalized spacial score (nSPS) is 24.7. The van der Waals surface area contributed by atoms with Gasteiger partial charge in [0.1, 0.15) is 0 Å². The Kier molecular flexibility index (Phi) is 5.01. The van der Waals surface area contributed by atoms with Crippen LogP contribution in [0.15, 0.2) is 0 Å². The quantitative estimate of drug-likeness (QED) is 0.836. The van der Waals surface area contributed by atoms with Gasteiger partial charge < -0.3 is 14.8 Å². The predicted molar refractivity (Wildman–Crippen MR) is 69.4 cm³/mol. The van der Waals surface area contributed by atoms with Gasteiger partial charge >= 0.3 is 0 Å². The Hall–Kier alpha value is -0.610. The van der Waals surface area contributed by atoms with Crippen molar-refractivity contribution in [3.05, 3.63) is 0 Å². The Morgan fingerprint density at radius 3 is 2.56 bits per heavy atom. The fourth-order valence-electron chi connectivity index (χ4n) is 3.01. The third-order valence-electron chi connectivity index (χ3n) is 4.29. The molecule has 1 N–H and O–H groups in total. The molecule has 2 rings (SSSR count). The van der Waals surface area contributed by atoms with Gasteiger partial charge in [-0.25, -0.2) is 0 Å². The van der Waals surface area contributed by atoms with Gasteiger partial charge in [-0.2, -0.15) is 0 Å². The van der Waals surface area contributed by atoms with Crippen molar-refractivity contribution in [2.24, 2.45) is 0 Å². The van der Waals surface area contributed by atoms with Crippen LogP contribution in [0.5, 0.6) is 0 Å². The average Bonchev–Trinajstić information content (AvgIpc) is 2.41. The van der Waals surface area contributed by atoms with Crippen LogP contribution in [0.25, 0.3) is 0 Å². The van der Waals surface area contributed by atoms with Crippen molar-refractivity contribution in [3.8, 4) is 0 Å². The van der Waals surface area contributed by atoms with E-state index >= 15 is 0 Å². The second-order valence-electron chi connectivity index (χ2n) is 5.58. The van der Waals surface area contributed by atoms with E-state index in [9.17, 15) is 4.79 Å². The first-order chi connectivity index (χ1) is 8.74. The highest BCUT2D eigenvalue weighted by Crippen LogP contribution is 2.28. The largest absolute Gasteiger partial charge is 0.381 e. The lowest BCUT2D eigenvalue weighted by atomic mass is 9.89. The van der Waals surface area contributed by atoms with E-state index in [1.807, 2.05) is 0 Å². The summed E-state index contributed by atoms with van der Waals surface area (Å²) in [5.41, 5.74) is -0.295. The van der Waals surface area contributed by atoms with Crippen LogP contribution >= 0.6 is 0 Å². The summed E-state index contributed by atoms with van der Waals surface area (Å²) in [4.78, 5) is 12.1. The van der Waals surface area contributed by atoms with Gasteiger partial charge in [-0.05, 0) is 12.8 Å². The average molecular weight is 255 g/mol. The molecule has 1 saturated carbocycles. The summed E-state index contributed by atoms with van der Waals surface area (Å²) in [5, 5.41) is 3.17. The summed E-state index contributed by atoms with van der Waals surface area (Å²) in [6.45, 7) is 1.40. The number of ether oxygens (including phenoxy) is 2. The van der Waals surface area contributed by atoms with E-state index < -0.39 is 0 Å². The minimum absolute atomic E-state index is 0.144. The zero-order chi connectivity index (χ0) is 12.8. The van der Waals surface area contributed by atoms with Crippen LogP contribution in [-0.4, -0.2) is 37.9 Å². The van der Waals surface area contributed by atoms with Crippen LogP contribution < -0.4 is 5.32 Å². The molecule has 0 spiro atoms. The van der Waals surface area contributed by atoms with Crippen molar-refractivity contribution >= 4 is 5.91 Å². The van der Waals surface area contributed by atoms with Crippen molar-refractivity contribution in [1.82, 2.24) is 5.32 Å². The third-order valence-corrected chi connectivity index (χ3v) is 4.29. The van der Waals surface area contributed by atoms with Crippen LogP contribution in [0.4, 0.5) is 0 Å². The molecule has 18 heavy (non-hydrogen) atoms. The highest BCUT2D eigenvalue weighted by atomic mass is 16.5. The maximum absolute atomic E-state index is 12.1. The smallest absolute Gasteiger partial charge is 0.223 e. The Morgan fingerprint density at radius 1 is 1.28 bits per heavy atom. The van der Waals surface area contributed by atoms with Crippen molar-refractivity contribution in [1.29, 1.82) is 0 Å². The van der Waals surface area contributed by atoms with E-state index in [1.54, 1.807) is 7.11 Å². The molecule has 4 heteroatoms. The van der Waals surface area contributed by atoms with E-state index in [1.165, 1.54) is 19.3 Å². The van der Waals surface area contributed by atoms with Crippen LogP contribution in [-0.2, 0) is 14.3 Å². The Labute approximate surface area is 109 Å². The van der Waals surface area contributed by atoms with Crippen molar-refractivity contribution in [3.63, 3.8) is 0 Å². The molecule has 2 aliphatic rings. The van der Waals surface area contributed by atoms with Crippen LogP contribution in [0.2, 0.25) is 0 Å². The van der Waals surface area contributed by atoms with Gasteiger partial charge in [-0.15, -0.1) is 0 Å². The number of nitrogens with one attached hydrogen (secondary N) is 1. The van der Waals surface area contributed by atoms with Crippen LogP contribution in [0.1, 0.15) is 51.4 Å². The lowest BCUT2D eigenvalue weighted by Crippen LogP contribution is -2.45. The number of hydrogen-bond acceptors (Lipinski definition) is 3. The maximum atomic E-state index is 12.1. The number of methoxy groups -OCH3 is 1. The number of amides is 1. The molecule has 1 aliphatic heterocycles. The monoisotopic (exact) mass is 255 g/mol. The zero-order valence-electron chi connectivity index (χ0n) is 11.4. The fraction of sp³-hybridized carbons (Fsp3) is 0.929. The highest BCUT2D eigenvalue weighted by molar-refractivity contribution is 5.77. The molecule has 0 aromatic rings. The lowest BCUT2D eigenvalue weighted by Gasteiger charge is -2.36. The molecule has 1 aliphatic carbocycles. The molecule has 0 unspecified atom stereocenters. The molecule has 0 radical (unpaired) electrons. The molecule has 0 bridgehead atoms. The van der Waals surface area contributed by atoms with E-state index in [4.69, 9.17) is 9.47 Å². The van der Waals surface area contributed by atoms with E-state index in [2.05, 4.69) is 5.32 Å². The van der Waals surface area contributed by atoms with Gasteiger partial charge in [-0.1, -0.05) is 19.3 Å². The zero-order valence-corrected chi connectivity index (χ0v) is 11.4. The van der Waals surface area contributed by atoms with Crippen LogP contribution in [0.3, 0.4) is 0 Å². The topological polar surface area (TPSA) is 47.6 Å². The van der Waals surface area contributed by atoms with Crippen molar-refractivity contribution in [2.75, 3.05) is 20.3 Å². The number of hydrogen-bond donors (Lipinski definition) is 1. The fourth-order valence-corrected chi connectivity index (χ4v) is 3.01. The van der Waals surface area contributed by atoms with Crippen molar-refractivity contribution in [2.45, 2.75) is 63.0 Å².